The lowest BCUT2D eigenvalue weighted by Gasteiger charge is -2.12. The Hall–Kier alpha value is -3.11. The molecule has 4 rings (SSSR count). The Kier molecular flexibility index (Phi) is 5.17. The van der Waals surface area contributed by atoms with Crippen LogP contribution in [0.1, 0.15) is 11.1 Å². The second-order valence-corrected chi connectivity index (χ2v) is 6.67. The number of hydrogen-bond acceptors (Lipinski definition) is 4. The molecule has 4 aromatic rings. The molecule has 0 amide bonds. The first kappa shape index (κ1) is 17.3. The second kappa shape index (κ2) is 8.06. The lowest BCUT2D eigenvalue weighted by Crippen LogP contribution is -2.08. The Bertz CT molecular complexity index is 1040. The van der Waals surface area contributed by atoms with Crippen LogP contribution >= 0.6 is 11.6 Å². The molecule has 0 fully saturated rings. The lowest BCUT2D eigenvalue weighted by atomic mass is 10.2. The molecule has 0 aliphatic heterocycles. The predicted molar refractivity (Wildman–Crippen MR) is 112 cm³/mol. The molecule has 0 unspecified atom stereocenters. The molecule has 2 N–H and O–H groups in total. The molecule has 4 nitrogen and oxygen atoms in total. The van der Waals surface area contributed by atoms with Gasteiger partial charge in [0.15, 0.2) is 0 Å². The number of halogens is 1. The predicted octanol–water partition coefficient (Wildman–Crippen LogP) is 5.51. The Morgan fingerprint density at radius 3 is 2.00 bits per heavy atom. The number of nitrogens with one attached hydrogen (secondary N) is 2. The average Bonchev–Trinajstić information content (AvgIpc) is 2.72. The van der Waals surface area contributed by atoms with E-state index < -0.39 is 0 Å². The molecular weight excluding hydrogens is 356 g/mol. The van der Waals surface area contributed by atoms with Gasteiger partial charge < -0.3 is 10.6 Å². The molecule has 27 heavy (non-hydrogen) atoms. The number of benzene rings is 3. The fourth-order valence-electron chi connectivity index (χ4n) is 2.87. The van der Waals surface area contributed by atoms with Crippen LogP contribution in [-0.4, -0.2) is 9.97 Å². The van der Waals surface area contributed by atoms with Gasteiger partial charge in [-0.2, -0.15) is 4.98 Å². The van der Waals surface area contributed by atoms with Crippen molar-refractivity contribution in [1.82, 2.24) is 9.97 Å². The molecule has 1 aromatic heterocycles. The summed E-state index contributed by atoms with van der Waals surface area (Å²) >= 11 is 6.19. The Morgan fingerprint density at radius 2 is 1.33 bits per heavy atom. The van der Waals surface area contributed by atoms with E-state index in [1.807, 2.05) is 54.6 Å². The third-order valence-corrected chi connectivity index (χ3v) is 4.49. The molecule has 0 saturated carbocycles. The van der Waals surface area contributed by atoms with Gasteiger partial charge in [-0.05, 0) is 29.3 Å². The normalized spacial score (nSPS) is 10.7. The maximum atomic E-state index is 6.19. The zero-order valence-electron chi connectivity index (χ0n) is 14.7. The van der Waals surface area contributed by atoms with Crippen LogP contribution in [0.15, 0.2) is 78.9 Å². The van der Waals surface area contributed by atoms with Crippen molar-refractivity contribution in [3.63, 3.8) is 0 Å². The molecule has 5 heteroatoms. The zero-order chi connectivity index (χ0) is 18.5. The monoisotopic (exact) mass is 374 g/mol. The minimum atomic E-state index is 0.587. The van der Waals surface area contributed by atoms with E-state index in [2.05, 4.69) is 44.9 Å². The molecule has 0 bridgehead atoms. The van der Waals surface area contributed by atoms with Crippen LogP contribution in [0.25, 0.3) is 10.9 Å². The van der Waals surface area contributed by atoms with E-state index in [4.69, 9.17) is 11.6 Å². The minimum absolute atomic E-state index is 0.587. The van der Waals surface area contributed by atoms with Gasteiger partial charge in [-0.25, -0.2) is 4.98 Å². The van der Waals surface area contributed by atoms with E-state index in [1.165, 1.54) is 11.1 Å². The molecule has 0 saturated heterocycles. The van der Waals surface area contributed by atoms with Crippen molar-refractivity contribution in [3.8, 4) is 0 Å². The van der Waals surface area contributed by atoms with Crippen molar-refractivity contribution in [2.45, 2.75) is 13.1 Å². The highest BCUT2D eigenvalue weighted by atomic mass is 35.5. The summed E-state index contributed by atoms with van der Waals surface area (Å²) in [6.07, 6.45) is 0. The molecule has 0 spiro atoms. The molecule has 0 aliphatic rings. The molecule has 0 aliphatic carbocycles. The average molecular weight is 375 g/mol. The van der Waals surface area contributed by atoms with Crippen molar-refractivity contribution in [2.24, 2.45) is 0 Å². The number of hydrogen-bond donors (Lipinski definition) is 2. The van der Waals surface area contributed by atoms with Gasteiger partial charge in [0.05, 0.1) is 5.52 Å². The van der Waals surface area contributed by atoms with E-state index in [0.29, 0.717) is 24.1 Å². The molecule has 0 atom stereocenters. The van der Waals surface area contributed by atoms with E-state index >= 15 is 0 Å². The van der Waals surface area contributed by atoms with Crippen LogP contribution in [0.4, 0.5) is 11.8 Å². The number of anilines is 2. The van der Waals surface area contributed by atoms with Crippen molar-refractivity contribution >= 4 is 34.3 Å². The van der Waals surface area contributed by atoms with Gasteiger partial charge in [0.2, 0.25) is 5.95 Å². The summed E-state index contributed by atoms with van der Waals surface area (Å²) < 4.78 is 0. The zero-order valence-corrected chi connectivity index (χ0v) is 15.4. The van der Waals surface area contributed by atoms with E-state index in [0.717, 1.165) is 16.7 Å². The smallest absolute Gasteiger partial charge is 0.225 e. The topological polar surface area (TPSA) is 49.8 Å². The highest BCUT2D eigenvalue weighted by Gasteiger charge is 2.09. The van der Waals surface area contributed by atoms with Crippen LogP contribution in [0.3, 0.4) is 0 Å². The Balaban J connectivity index is 1.61. The highest BCUT2D eigenvalue weighted by molar-refractivity contribution is 6.31. The quantitative estimate of drug-likeness (QED) is 0.467. The summed E-state index contributed by atoms with van der Waals surface area (Å²) in [5.74, 6) is 1.35. The standard InChI is InChI=1S/C22H19ClN4/c23-18-11-12-20-19(13-18)21(24-14-16-7-3-1-4-8-16)27-22(26-20)25-15-17-9-5-2-6-10-17/h1-13H,14-15H2,(H2,24,25,26,27). The number of aromatic nitrogens is 2. The number of fused-ring (bicyclic) bond motifs is 1. The molecule has 1 heterocycles. The molecular formula is C22H19ClN4. The van der Waals surface area contributed by atoms with Crippen LogP contribution in [0.5, 0.6) is 0 Å². The highest BCUT2D eigenvalue weighted by Crippen LogP contribution is 2.26. The van der Waals surface area contributed by atoms with Crippen molar-refractivity contribution in [1.29, 1.82) is 0 Å². The molecule has 0 radical (unpaired) electrons. The third kappa shape index (κ3) is 4.36. The van der Waals surface area contributed by atoms with E-state index in [1.54, 1.807) is 0 Å². The lowest BCUT2D eigenvalue weighted by molar-refractivity contribution is 1.05. The largest absolute Gasteiger partial charge is 0.365 e. The van der Waals surface area contributed by atoms with Gasteiger partial charge in [0, 0.05) is 23.5 Å². The van der Waals surface area contributed by atoms with Gasteiger partial charge in [0.25, 0.3) is 0 Å². The van der Waals surface area contributed by atoms with E-state index in [-0.39, 0.29) is 0 Å². The van der Waals surface area contributed by atoms with Crippen molar-refractivity contribution < 1.29 is 0 Å². The van der Waals surface area contributed by atoms with Crippen LogP contribution in [0, 0.1) is 0 Å². The number of rotatable bonds is 6. The van der Waals surface area contributed by atoms with Crippen molar-refractivity contribution in [3.05, 3.63) is 95.0 Å². The summed E-state index contributed by atoms with van der Waals surface area (Å²) in [6.45, 7) is 1.34. The number of nitrogens with zero attached hydrogens (tertiary/aromatic N) is 2. The fraction of sp³-hybridized carbons (Fsp3) is 0.0909. The van der Waals surface area contributed by atoms with Gasteiger partial charge >= 0.3 is 0 Å². The maximum Gasteiger partial charge on any atom is 0.225 e. The van der Waals surface area contributed by atoms with Gasteiger partial charge in [-0.3, -0.25) is 0 Å². The van der Waals surface area contributed by atoms with Crippen LogP contribution in [-0.2, 0) is 13.1 Å². The van der Waals surface area contributed by atoms with Crippen molar-refractivity contribution in [2.75, 3.05) is 10.6 Å². The first-order valence-corrected chi connectivity index (χ1v) is 9.18. The molecule has 134 valence electrons. The van der Waals surface area contributed by atoms with Crippen LogP contribution < -0.4 is 10.6 Å². The summed E-state index contributed by atoms with van der Waals surface area (Å²) in [4.78, 5) is 9.31. The first-order valence-electron chi connectivity index (χ1n) is 8.81. The Labute approximate surface area is 163 Å². The summed E-state index contributed by atoms with van der Waals surface area (Å²) in [6, 6.07) is 26.1. The second-order valence-electron chi connectivity index (χ2n) is 6.24. The summed E-state index contributed by atoms with van der Waals surface area (Å²) in [5, 5.41) is 8.30. The van der Waals surface area contributed by atoms with Gasteiger partial charge in [-0.1, -0.05) is 72.3 Å². The van der Waals surface area contributed by atoms with Gasteiger partial charge in [-0.15, -0.1) is 0 Å². The fourth-order valence-corrected chi connectivity index (χ4v) is 3.05. The first-order chi connectivity index (χ1) is 13.3. The third-order valence-electron chi connectivity index (χ3n) is 4.25. The van der Waals surface area contributed by atoms with Crippen LogP contribution in [0.2, 0.25) is 5.02 Å². The SMILES string of the molecule is Clc1ccc2nc(NCc3ccccc3)nc(NCc3ccccc3)c2c1. The summed E-state index contributed by atoms with van der Waals surface area (Å²) in [7, 11) is 0. The summed E-state index contributed by atoms with van der Waals surface area (Å²) in [5.41, 5.74) is 3.21. The van der Waals surface area contributed by atoms with E-state index in [9.17, 15) is 0 Å². The van der Waals surface area contributed by atoms with Gasteiger partial charge in [0.1, 0.15) is 5.82 Å². The maximum absolute atomic E-state index is 6.19. The molecule has 3 aromatic carbocycles. The minimum Gasteiger partial charge on any atom is -0.365 e. The Morgan fingerprint density at radius 1 is 0.704 bits per heavy atom.